The normalized spacial score (nSPS) is 23.9. The van der Waals surface area contributed by atoms with Gasteiger partial charge in [-0.25, -0.2) is 19.1 Å². The van der Waals surface area contributed by atoms with Crippen molar-refractivity contribution in [3.63, 3.8) is 0 Å². The molecule has 256 valence electrons. The van der Waals surface area contributed by atoms with Crippen LogP contribution in [0.3, 0.4) is 0 Å². The van der Waals surface area contributed by atoms with Gasteiger partial charge in [-0.1, -0.05) is 33.1 Å². The van der Waals surface area contributed by atoms with Crippen LogP contribution < -0.4 is 10.6 Å². The first-order chi connectivity index (χ1) is 22.1. The van der Waals surface area contributed by atoms with Crippen molar-refractivity contribution in [3.8, 4) is 6.07 Å². The molecular weight excluding hydrogens is 612 g/mol. The van der Waals surface area contributed by atoms with Crippen LogP contribution in [-0.2, 0) is 38.9 Å². The molecule has 1 saturated heterocycles. The molecule has 2 aliphatic rings. The van der Waals surface area contributed by atoms with Crippen LogP contribution in [-0.4, -0.2) is 80.2 Å². The van der Waals surface area contributed by atoms with Crippen LogP contribution in [0.2, 0.25) is 0 Å². The van der Waals surface area contributed by atoms with Gasteiger partial charge in [0, 0.05) is 13.3 Å². The third-order valence-corrected chi connectivity index (χ3v) is 8.16. The maximum atomic E-state index is 13.6. The number of aliphatic hydroxyl groups is 1. The van der Waals surface area contributed by atoms with Gasteiger partial charge in [-0.3, -0.25) is 9.59 Å². The highest BCUT2D eigenvalue weighted by molar-refractivity contribution is 5.92. The lowest BCUT2D eigenvalue weighted by atomic mass is 9.87. The first-order valence-corrected chi connectivity index (χ1v) is 15.9. The fourth-order valence-corrected chi connectivity index (χ4v) is 5.92. The van der Waals surface area contributed by atoms with Crippen LogP contribution in [0.5, 0.6) is 0 Å². The number of nitriles is 1. The Morgan fingerprint density at radius 1 is 1.19 bits per heavy atom. The summed E-state index contributed by atoms with van der Waals surface area (Å²) < 4.78 is 24.1. The molecule has 0 radical (unpaired) electrons. The summed E-state index contributed by atoms with van der Waals surface area (Å²) in [6, 6.07) is 3.83. The average molecular weight is 657 g/mol. The Balaban J connectivity index is 1.64. The van der Waals surface area contributed by atoms with Crippen molar-refractivity contribution in [2.24, 2.45) is 11.8 Å². The van der Waals surface area contributed by atoms with Crippen LogP contribution in [0, 0.1) is 23.2 Å². The molecule has 0 unspecified atom stereocenters. The molecule has 15 heteroatoms. The number of alkyl carbamates (subject to hydrolysis) is 1. The number of aromatic nitrogens is 3. The van der Waals surface area contributed by atoms with Gasteiger partial charge < -0.3 is 34.7 Å². The van der Waals surface area contributed by atoms with E-state index in [2.05, 4.69) is 20.7 Å². The van der Waals surface area contributed by atoms with Crippen molar-refractivity contribution >= 4 is 35.3 Å². The highest BCUT2D eigenvalue weighted by Crippen LogP contribution is 2.42. The van der Waals surface area contributed by atoms with E-state index >= 15 is 0 Å². The molecule has 5 atom stereocenters. The number of nitrogens with one attached hydrogen (secondary N) is 2. The van der Waals surface area contributed by atoms with Crippen molar-refractivity contribution in [1.29, 1.82) is 5.26 Å². The monoisotopic (exact) mass is 656 g/mol. The van der Waals surface area contributed by atoms with Crippen LogP contribution in [0.25, 0.3) is 5.52 Å². The number of ether oxygens (including phenoxy) is 4. The number of carbonyl (C=O) groups is 4. The van der Waals surface area contributed by atoms with Gasteiger partial charge in [-0.05, 0) is 57.6 Å². The number of esters is 2. The molecule has 1 aliphatic heterocycles. The number of hydrogen-bond acceptors (Lipinski definition) is 12. The zero-order valence-corrected chi connectivity index (χ0v) is 27.6. The average Bonchev–Trinajstić information content (AvgIpc) is 3.54. The molecular formula is C32H44N6O9. The Hall–Kier alpha value is -4.29. The minimum absolute atomic E-state index is 0.0564. The molecule has 47 heavy (non-hydrogen) atoms. The zero-order valence-electron chi connectivity index (χ0n) is 27.6. The molecule has 0 spiro atoms. The number of amides is 2. The zero-order chi connectivity index (χ0) is 34.5. The van der Waals surface area contributed by atoms with Gasteiger partial charge in [-0.15, -0.1) is 0 Å². The van der Waals surface area contributed by atoms with Gasteiger partial charge in [0.15, 0.2) is 11.9 Å². The Bertz CT molecular complexity index is 1510. The molecule has 0 aromatic carbocycles. The summed E-state index contributed by atoms with van der Waals surface area (Å²) in [5.41, 5.74) is -2.62. The second-order valence-electron chi connectivity index (χ2n) is 13.4. The molecule has 2 aromatic heterocycles. The molecule has 15 nitrogen and oxygen atoms in total. The summed E-state index contributed by atoms with van der Waals surface area (Å²) in [5, 5.41) is 31.6. The Labute approximate surface area is 273 Å². The molecule has 4 rings (SSSR count). The predicted octanol–water partition coefficient (Wildman–Crippen LogP) is 3.14. The van der Waals surface area contributed by atoms with Crippen molar-refractivity contribution in [3.05, 3.63) is 24.2 Å². The molecule has 3 N–H and O–H groups in total. The molecule has 3 heterocycles. The number of fused-ring (bicyclic) bond motifs is 1. The quantitative estimate of drug-likeness (QED) is 0.249. The summed E-state index contributed by atoms with van der Waals surface area (Å²) in [7, 11) is 0. The fraction of sp³-hybridized carbons (Fsp3) is 0.656. The largest absolute Gasteiger partial charge is 0.463 e. The lowest BCUT2D eigenvalue weighted by molar-refractivity contribution is -0.163. The van der Waals surface area contributed by atoms with Gasteiger partial charge in [-0.2, -0.15) is 10.4 Å². The van der Waals surface area contributed by atoms with Crippen LogP contribution in [0.4, 0.5) is 10.6 Å². The van der Waals surface area contributed by atoms with Gasteiger partial charge in [0.25, 0.3) is 0 Å². The van der Waals surface area contributed by atoms with Gasteiger partial charge in [0.2, 0.25) is 11.5 Å². The van der Waals surface area contributed by atoms with Gasteiger partial charge >= 0.3 is 18.0 Å². The molecule has 0 bridgehead atoms. The van der Waals surface area contributed by atoms with Gasteiger partial charge in [0.1, 0.15) is 48.4 Å². The Morgan fingerprint density at radius 3 is 2.51 bits per heavy atom. The van der Waals surface area contributed by atoms with E-state index in [0.29, 0.717) is 5.52 Å². The highest BCUT2D eigenvalue weighted by Gasteiger charge is 2.60. The topological polar surface area (TPSA) is 203 Å². The van der Waals surface area contributed by atoms with E-state index in [1.54, 1.807) is 34.6 Å². The van der Waals surface area contributed by atoms with E-state index in [-0.39, 0.29) is 29.8 Å². The summed E-state index contributed by atoms with van der Waals surface area (Å²) in [4.78, 5) is 54.8. The van der Waals surface area contributed by atoms with Crippen molar-refractivity contribution < 1.29 is 43.2 Å². The third kappa shape index (κ3) is 8.36. The summed E-state index contributed by atoms with van der Waals surface area (Å²) in [5.74, 6) is -1.87. The second kappa shape index (κ2) is 14.6. The second-order valence-corrected chi connectivity index (χ2v) is 13.4. The number of aliphatic hydroxyl groups excluding tert-OH is 1. The van der Waals surface area contributed by atoms with E-state index in [1.807, 2.05) is 6.07 Å². The summed E-state index contributed by atoms with van der Waals surface area (Å²) in [6.45, 7) is 9.30. The predicted molar refractivity (Wildman–Crippen MR) is 165 cm³/mol. The van der Waals surface area contributed by atoms with Crippen molar-refractivity contribution in [1.82, 2.24) is 19.9 Å². The minimum atomic E-state index is -2.16. The standard InChI is InChI=1S/C32H44N6O9/c1-18(2)25(37-30(43)47-31(4,5)6)29(42)45-26-22(15-44-24(40)14-20-10-8-7-9-11-20)46-32(16-33,27(26)41)23-13-12-21-28(36-19(3)39)34-17-35-38(21)23/h12-13,17-18,20,22,25-27,41H,7-11,14-15H2,1-6H3,(H,37,43)(H,34,35,36,39)/t22-,25+,26-,27-,32+/m1/s1. The maximum absolute atomic E-state index is 13.6. The van der Waals surface area contributed by atoms with Crippen LogP contribution in [0.15, 0.2) is 18.5 Å². The van der Waals surface area contributed by atoms with E-state index in [9.17, 15) is 29.5 Å². The fourth-order valence-electron chi connectivity index (χ4n) is 5.92. The number of rotatable bonds is 10. The van der Waals surface area contributed by atoms with Crippen LogP contribution in [0.1, 0.15) is 85.8 Å². The van der Waals surface area contributed by atoms with Crippen molar-refractivity contribution in [2.45, 2.75) is 116 Å². The Kier molecular flexibility index (Phi) is 11.1. The summed E-state index contributed by atoms with van der Waals surface area (Å²) >= 11 is 0. The molecule has 2 amide bonds. The van der Waals surface area contributed by atoms with E-state index in [0.717, 1.165) is 38.4 Å². The highest BCUT2D eigenvalue weighted by atomic mass is 16.6. The lowest BCUT2D eigenvalue weighted by Crippen LogP contribution is -2.50. The van der Waals surface area contributed by atoms with E-state index in [1.165, 1.54) is 23.6 Å². The number of hydrogen-bond donors (Lipinski definition) is 3. The van der Waals surface area contributed by atoms with E-state index in [4.69, 9.17) is 18.9 Å². The van der Waals surface area contributed by atoms with Gasteiger partial charge in [0.05, 0.1) is 5.69 Å². The third-order valence-electron chi connectivity index (χ3n) is 8.16. The lowest BCUT2D eigenvalue weighted by Gasteiger charge is -2.28. The smallest absolute Gasteiger partial charge is 0.408 e. The number of carbonyl (C=O) groups excluding carboxylic acids is 4. The molecule has 2 aromatic rings. The van der Waals surface area contributed by atoms with Crippen molar-refractivity contribution in [2.75, 3.05) is 11.9 Å². The number of nitrogens with zero attached hydrogens (tertiary/aromatic N) is 4. The molecule has 1 saturated carbocycles. The Morgan fingerprint density at radius 2 is 1.89 bits per heavy atom. The van der Waals surface area contributed by atoms with E-state index < -0.39 is 66.1 Å². The first kappa shape index (κ1) is 35.6. The maximum Gasteiger partial charge on any atom is 0.408 e. The number of anilines is 1. The summed E-state index contributed by atoms with van der Waals surface area (Å²) in [6.07, 6.45) is 1.03. The molecule has 1 aliphatic carbocycles. The first-order valence-electron chi connectivity index (χ1n) is 15.9. The molecule has 2 fully saturated rings. The SMILES string of the molecule is CC(=O)Nc1ncnn2c([C@]3(C#N)O[C@H](COC(=O)CC4CCCCC4)[C@@H](OC(=O)[C@@H](NC(=O)OC(C)(C)C)C(C)C)[C@H]3O)ccc12. The minimum Gasteiger partial charge on any atom is -0.463 e. The van der Waals surface area contributed by atoms with Crippen LogP contribution >= 0.6 is 0 Å².